The fourth-order valence-electron chi connectivity index (χ4n) is 1.86. The van der Waals surface area contributed by atoms with Crippen molar-refractivity contribution in [1.82, 2.24) is 10.0 Å². The average Bonchev–Trinajstić information content (AvgIpc) is 2.62. The third-order valence-corrected chi connectivity index (χ3v) is 6.08. The largest absolute Gasteiger partial charge is 0.316 e. The minimum absolute atomic E-state index is 0.0342. The lowest BCUT2D eigenvalue weighted by molar-refractivity contribution is 0.541. The van der Waals surface area contributed by atoms with Gasteiger partial charge in [0.25, 0.3) is 0 Å². The summed E-state index contributed by atoms with van der Waals surface area (Å²) in [5, 5.41) is 3.02. The highest BCUT2D eigenvalue weighted by atomic mass is 32.2. The maximum Gasteiger partial charge on any atom is 0.212 e. The summed E-state index contributed by atoms with van der Waals surface area (Å²) >= 11 is 0. The Morgan fingerprint density at radius 2 is 2.00 bits per heavy atom. The minimum Gasteiger partial charge on any atom is -0.316 e. The third-order valence-electron chi connectivity index (χ3n) is 2.89. The molecule has 1 atom stereocenters. The molecule has 2 N–H and O–H groups in total. The first-order valence-electron chi connectivity index (χ1n) is 6.23. The van der Waals surface area contributed by atoms with Crippen LogP contribution in [0.3, 0.4) is 0 Å². The van der Waals surface area contributed by atoms with Crippen LogP contribution in [0.4, 0.5) is 0 Å². The topological polar surface area (TPSA) is 92.3 Å². The molecule has 0 aromatic heterocycles. The van der Waals surface area contributed by atoms with Crippen LogP contribution in [0.5, 0.6) is 0 Å². The molecule has 0 spiro atoms. The first kappa shape index (κ1) is 15.9. The highest BCUT2D eigenvalue weighted by molar-refractivity contribution is 7.91. The van der Waals surface area contributed by atoms with Crippen molar-refractivity contribution in [2.24, 2.45) is 5.92 Å². The Morgan fingerprint density at radius 3 is 2.56 bits per heavy atom. The van der Waals surface area contributed by atoms with Gasteiger partial charge < -0.3 is 5.32 Å². The average molecular weight is 298 g/mol. The zero-order valence-corrected chi connectivity index (χ0v) is 12.3. The van der Waals surface area contributed by atoms with E-state index in [1.165, 1.54) is 0 Å². The quantitative estimate of drug-likeness (QED) is 0.580. The summed E-state index contributed by atoms with van der Waals surface area (Å²) in [4.78, 5) is 0. The normalized spacial score (nSPS) is 23.3. The summed E-state index contributed by atoms with van der Waals surface area (Å²) in [6, 6.07) is 0. The summed E-state index contributed by atoms with van der Waals surface area (Å²) in [5.41, 5.74) is 0. The fraction of sp³-hybridized carbons (Fsp3) is 1.00. The van der Waals surface area contributed by atoms with Crippen LogP contribution in [0.25, 0.3) is 0 Å². The second-order valence-corrected chi connectivity index (χ2v) is 8.84. The van der Waals surface area contributed by atoms with E-state index in [0.29, 0.717) is 13.0 Å². The van der Waals surface area contributed by atoms with Crippen LogP contribution in [0.2, 0.25) is 0 Å². The summed E-state index contributed by atoms with van der Waals surface area (Å²) in [5.74, 6) is 0.237. The second-order valence-electron chi connectivity index (χ2n) is 4.69. The molecule has 0 aromatic carbocycles. The van der Waals surface area contributed by atoms with Gasteiger partial charge in [0, 0.05) is 13.1 Å². The van der Waals surface area contributed by atoms with Crippen molar-refractivity contribution >= 4 is 19.9 Å². The van der Waals surface area contributed by atoms with Gasteiger partial charge in [-0.1, -0.05) is 6.92 Å². The van der Waals surface area contributed by atoms with E-state index in [9.17, 15) is 16.8 Å². The van der Waals surface area contributed by atoms with E-state index in [-0.39, 0.29) is 29.7 Å². The van der Waals surface area contributed by atoms with Crippen molar-refractivity contribution in [2.75, 3.05) is 36.9 Å². The molecule has 18 heavy (non-hydrogen) atoms. The number of sulfonamides is 1. The molecule has 1 aliphatic heterocycles. The maximum absolute atomic E-state index is 11.6. The summed E-state index contributed by atoms with van der Waals surface area (Å²) in [6.07, 6.45) is 1.52. The zero-order valence-electron chi connectivity index (χ0n) is 10.7. The lowest BCUT2D eigenvalue weighted by Gasteiger charge is -2.10. The highest BCUT2D eigenvalue weighted by Crippen LogP contribution is 2.17. The van der Waals surface area contributed by atoms with E-state index in [1.807, 2.05) is 6.92 Å². The number of hydrogen-bond acceptors (Lipinski definition) is 5. The number of nitrogens with one attached hydrogen (secondary N) is 2. The van der Waals surface area contributed by atoms with E-state index >= 15 is 0 Å². The van der Waals surface area contributed by atoms with Crippen LogP contribution in [-0.2, 0) is 19.9 Å². The molecule has 1 unspecified atom stereocenters. The van der Waals surface area contributed by atoms with Crippen LogP contribution >= 0.6 is 0 Å². The Kier molecular flexibility index (Phi) is 6.03. The standard InChI is InChI=1S/C10H22N2O4S2/c1-2-4-11-5-7-18(15,16)12-8-10-3-6-17(13,14)9-10/h10-12H,2-9H2,1H3. The first-order chi connectivity index (χ1) is 8.35. The van der Waals surface area contributed by atoms with E-state index in [0.717, 1.165) is 13.0 Å². The molecule has 1 aliphatic rings. The molecule has 0 amide bonds. The van der Waals surface area contributed by atoms with Crippen molar-refractivity contribution < 1.29 is 16.8 Å². The van der Waals surface area contributed by atoms with Gasteiger partial charge in [0.1, 0.15) is 0 Å². The van der Waals surface area contributed by atoms with Gasteiger partial charge >= 0.3 is 0 Å². The second kappa shape index (κ2) is 6.83. The Bertz CT molecular complexity index is 444. The Morgan fingerprint density at radius 1 is 1.28 bits per heavy atom. The molecule has 0 radical (unpaired) electrons. The Balaban J connectivity index is 2.25. The van der Waals surface area contributed by atoms with Gasteiger partial charge in [0.15, 0.2) is 9.84 Å². The smallest absolute Gasteiger partial charge is 0.212 e. The summed E-state index contributed by atoms with van der Waals surface area (Å²) in [7, 11) is -6.23. The van der Waals surface area contributed by atoms with Crippen molar-refractivity contribution in [1.29, 1.82) is 0 Å². The van der Waals surface area contributed by atoms with Gasteiger partial charge in [-0.25, -0.2) is 21.6 Å². The zero-order chi connectivity index (χ0) is 13.6. The van der Waals surface area contributed by atoms with Crippen LogP contribution in [-0.4, -0.2) is 53.7 Å². The van der Waals surface area contributed by atoms with E-state index in [4.69, 9.17) is 0 Å². The van der Waals surface area contributed by atoms with Crippen LogP contribution < -0.4 is 10.0 Å². The molecule has 1 saturated heterocycles. The van der Waals surface area contributed by atoms with Gasteiger partial charge in [-0.05, 0) is 25.3 Å². The molecule has 108 valence electrons. The van der Waals surface area contributed by atoms with Crippen LogP contribution in [0.15, 0.2) is 0 Å². The van der Waals surface area contributed by atoms with Crippen LogP contribution in [0, 0.1) is 5.92 Å². The minimum atomic E-state index is -3.29. The molecule has 0 bridgehead atoms. The number of sulfone groups is 1. The molecule has 1 rings (SSSR count). The van der Waals surface area contributed by atoms with E-state index < -0.39 is 19.9 Å². The van der Waals surface area contributed by atoms with E-state index in [2.05, 4.69) is 10.0 Å². The van der Waals surface area contributed by atoms with Gasteiger partial charge in [0.2, 0.25) is 10.0 Å². The Hall–Kier alpha value is -0.180. The first-order valence-corrected chi connectivity index (χ1v) is 9.70. The van der Waals surface area contributed by atoms with Gasteiger partial charge in [-0.15, -0.1) is 0 Å². The lowest BCUT2D eigenvalue weighted by Crippen LogP contribution is -2.35. The molecule has 1 heterocycles. The highest BCUT2D eigenvalue weighted by Gasteiger charge is 2.28. The van der Waals surface area contributed by atoms with Crippen molar-refractivity contribution in [3.8, 4) is 0 Å². The molecule has 1 fully saturated rings. The molecule has 0 aromatic rings. The SMILES string of the molecule is CCCNCCS(=O)(=O)NCC1CCS(=O)(=O)C1. The predicted molar refractivity (Wildman–Crippen MR) is 71.7 cm³/mol. The molecular formula is C10H22N2O4S2. The molecule has 0 aliphatic carbocycles. The van der Waals surface area contributed by atoms with Crippen LogP contribution in [0.1, 0.15) is 19.8 Å². The molecular weight excluding hydrogens is 276 g/mol. The summed E-state index contributed by atoms with van der Waals surface area (Å²) in [6.45, 7) is 3.47. The van der Waals surface area contributed by atoms with Crippen molar-refractivity contribution in [3.05, 3.63) is 0 Å². The van der Waals surface area contributed by atoms with Crippen molar-refractivity contribution in [2.45, 2.75) is 19.8 Å². The summed E-state index contributed by atoms with van der Waals surface area (Å²) < 4.78 is 48.2. The third kappa shape index (κ3) is 6.12. The van der Waals surface area contributed by atoms with E-state index in [1.54, 1.807) is 0 Å². The van der Waals surface area contributed by atoms with Crippen molar-refractivity contribution in [3.63, 3.8) is 0 Å². The fourth-order valence-corrected chi connectivity index (χ4v) is 4.77. The lowest BCUT2D eigenvalue weighted by atomic mass is 10.1. The molecule has 6 nitrogen and oxygen atoms in total. The van der Waals surface area contributed by atoms with Gasteiger partial charge in [-0.3, -0.25) is 0 Å². The maximum atomic E-state index is 11.6. The predicted octanol–water partition coefficient (Wildman–Crippen LogP) is -0.660. The molecule has 0 saturated carbocycles. The van der Waals surface area contributed by atoms with Gasteiger partial charge in [-0.2, -0.15) is 0 Å². The monoisotopic (exact) mass is 298 g/mol. The van der Waals surface area contributed by atoms with Gasteiger partial charge in [0.05, 0.1) is 17.3 Å². The Labute approximate surface area is 110 Å². The molecule has 8 heteroatoms. The number of rotatable bonds is 8. The number of hydrogen-bond donors (Lipinski definition) is 2.